The van der Waals surface area contributed by atoms with Crippen molar-refractivity contribution in [1.29, 1.82) is 0 Å². The number of nitrogens with one attached hydrogen (secondary N) is 2. The summed E-state index contributed by atoms with van der Waals surface area (Å²) < 4.78 is 14.2. The first-order valence-electron chi connectivity index (χ1n) is 10.6. The molecule has 8 heteroatoms. The van der Waals surface area contributed by atoms with Gasteiger partial charge in [-0.25, -0.2) is 4.39 Å². The minimum atomic E-state index is -0.164. The zero-order valence-corrected chi connectivity index (χ0v) is 20.2. The Kier molecular flexibility index (Phi) is 7.63. The predicted molar refractivity (Wildman–Crippen MR) is 138 cm³/mol. The van der Waals surface area contributed by atoms with E-state index in [-0.39, 0.29) is 17.9 Å². The molecule has 1 fully saturated rings. The highest BCUT2D eigenvalue weighted by molar-refractivity contribution is 7.80. The number of thiocarbonyl (C=S) groups is 1. The van der Waals surface area contributed by atoms with Crippen LogP contribution in [0.25, 0.3) is 0 Å². The lowest BCUT2D eigenvalue weighted by Crippen LogP contribution is -2.52. The van der Waals surface area contributed by atoms with Crippen molar-refractivity contribution in [1.82, 2.24) is 10.2 Å². The molecule has 2 heterocycles. The van der Waals surface area contributed by atoms with Gasteiger partial charge in [-0.15, -0.1) is 11.3 Å². The van der Waals surface area contributed by atoms with Gasteiger partial charge in [0.05, 0.1) is 11.7 Å². The molecule has 32 heavy (non-hydrogen) atoms. The average Bonchev–Trinajstić information content (AvgIpc) is 3.29. The van der Waals surface area contributed by atoms with Gasteiger partial charge < -0.3 is 15.5 Å². The van der Waals surface area contributed by atoms with Gasteiger partial charge in [-0.1, -0.05) is 35.9 Å². The number of benzene rings is 2. The summed E-state index contributed by atoms with van der Waals surface area (Å²) in [6, 6.07) is 19.0. The van der Waals surface area contributed by atoms with Gasteiger partial charge in [-0.05, 0) is 60.9 Å². The van der Waals surface area contributed by atoms with Gasteiger partial charge in [0.1, 0.15) is 5.82 Å². The van der Waals surface area contributed by atoms with Gasteiger partial charge >= 0.3 is 0 Å². The van der Waals surface area contributed by atoms with E-state index < -0.39 is 0 Å². The summed E-state index contributed by atoms with van der Waals surface area (Å²) in [7, 11) is 0. The fourth-order valence-corrected chi connectivity index (χ4v) is 5.63. The summed E-state index contributed by atoms with van der Waals surface area (Å²) in [6.07, 6.45) is 0. The van der Waals surface area contributed by atoms with E-state index >= 15 is 0 Å². The SMILES string of the molecule is C[C@H](NC(=S)Nc1cccc(Cl)c1)[C@@H](c1cccs1)N1CCN(c2ccccc2F)CC1. The molecule has 1 saturated heterocycles. The van der Waals surface area contributed by atoms with Crippen LogP contribution in [0.15, 0.2) is 66.0 Å². The quantitative estimate of drug-likeness (QED) is 0.429. The Morgan fingerprint density at radius 1 is 1.06 bits per heavy atom. The van der Waals surface area contributed by atoms with Gasteiger partial charge in [0.2, 0.25) is 0 Å². The molecule has 2 atom stereocenters. The molecule has 1 aliphatic rings. The molecule has 4 nitrogen and oxygen atoms in total. The average molecular weight is 489 g/mol. The Morgan fingerprint density at radius 2 is 1.84 bits per heavy atom. The third-order valence-electron chi connectivity index (χ3n) is 5.65. The Balaban J connectivity index is 1.43. The number of thiophene rings is 1. The molecule has 3 aromatic rings. The third kappa shape index (κ3) is 5.59. The first kappa shape index (κ1) is 23.0. The van der Waals surface area contributed by atoms with Gasteiger partial charge in [-0.3, -0.25) is 4.90 Å². The van der Waals surface area contributed by atoms with E-state index in [1.165, 1.54) is 10.9 Å². The first-order valence-corrected chi connectivity index (χ1v) is 12.3. The van der Waals surface area contributed by atoms with Crippen LogP contribution in [0.4, 0.5) is 15.8 Å². The van der Waals surface area contributed by atoms with Crippen LogP contribution in [-0.4, -0.2) is 42.2 Å². The minimum Gasteiger partial charge on any atom is -0.367 e. The van der Waals surface area contributed by atoms with Crippen LogP contribution in [-0.2, 0) is 0 Å². The molecule has 0 amide bonds. The minimum absolute atomic E-state index is 0.0767. The number of nitrogens with zero attached hydrogens (tertiary/aromatic N) is 2. The van der Waals surface area contributed by atoms with Crippen molar-refractivity contribution < 1.29 is 4.39 Å². The molecular weight excluding hydrogens is 463 g/mol. The lowest BCUT2D eigenvalue weighted by molar-refractivity contribution is 0.163. The molecule has 2 N–H and O–H groups in total. The fraction of sp³-hybridized carbons (Fsp3) is 0.292. The van der Waals surface area contributed by atoms with Gasteiger partial charge in [0, 0.05) is 47.8 Å². The molecule has 0 unspecified atom stereocenters. The predicted octanol–water partition coefficient (Wildman–Crippen LogP) is 5.78. The Morgan fingerprint density at radius 3 is 2.53 bits per heavy atom. The fourth-order valence-electron chi connectivity index (χ4n) is 4.17. The van der Waals surface area contributed by atoms with Crippen molar-refractivity contribution in [3.05, 3.63) is 81.8 Å². The van der Waals surface area contributed by atoms with Crippen LogP contribution >= 0.6 is 35.2 Å². The zero-order valence-electron chi connectivity index (χ0n) is 17.8. The second kappa shape index (κ2) is 10.6. The molecule has 1 aliphatic heterocycles. The molecule has 0 bridgehead atoms. The lowest BCUT2D eigenvalue weighted by Gasteiger charge is -2.42. The second-order valence-electron chi connectivity index (χ2n) is 7.83. The maximum absolute atomic E-state index is 14.2. The Hall–Kier alpha value is -2.19. The van der Waals surface area contributed by atoms with Crippen LogP contribution in [0.5, 0.6) is 0 Å². The van der Waals surface area contributed by atoms with Crippen LogP contribution < -0.4 is 15.5 Å². The van der Waals surface area contributed by atoms with Gasteiger partial charge in [-0.2, -0.15) is 0 Å². The van der Waals surface area contributed by atoms with Crippen LogP contribution in [0.1, 0.15) is 17.8 Å². The van der Waals surface area contributed by atoms with Gasteiger partial charge in [0.25, 0.3) is 0 Å². The molecule has 2 aromatic carbocycles. The monoisotopic (exact) mass is 488 g/mol. The van der Waals surface area contributed by atoms with E-state index in [4.69, 9.17) is 23.8 Å². The standard InChI is InChI=1S/C24H26ClFN4S2/c1-17(27-24(31)28-19-7-4-6-18(25)16-19)23(22-10-5-15-32-22)30-13-11-29(12-14-30)21-9-3-2-8-20(21)26/h2-10,15-17,23H,11-14H2,1H3,(H2,27,28,31)/t17-,23-/m0/s1. The molecule has 0 spiro atoms. The zero-order chi connectivity index (χ0) is 22.5. The van der Waals surface area contributed by atoms with E-state index in [2.05, 4.69) is 44.9 Å². The molecule has 4 rings (SSSR count). The summed E-state index contributed by atoms with van der Waals surface area (Å²) in [6.45, 7) is 5.40. The van der Waals surface area contributed by atoms with E-state index in [1.807, 2.05) is 36.4 Å². The van der Waals surface area contributed by atoms with E-state index in [0.29, 0.717) is 15.8 Å². The van der Waals surface area contributed by atoms with E-state index in [9.17, 15) is 4.39 Å². The Bertz CT molecular complexity index is 1040. The van der Waals surface area contributed by atoms with E-state index in [0.717, 1.165) is 31.9 Å². The maximum atomic E-state index is 14.2. The van der Waals surface area contributed by atoms with Gasteiger partial charge in [0.15, 0.2) is 5.11 Å². The number of rotatable bonds is 6. The summed E-state index contributed by atoms with van der Waals surface area (Å²) >= 11 is 13.4. The number of piperazine rings is 1. The van der Waals surface area contributed by atoms with Crippen molar-refractivity contribution in [3.8, 4) is 0 Å². The Labute approximate surface area is 203 Å². The topological polar surface area (TPSA) is 30.5 Å². The summed E-state index contributed by atoms with van der Waals surface area (Å²) in [5.74, 6) is -0.164. The van der Waals surface area contributed by atoms with Crippen LogP contribution in [0.2, 0.25) is 5.02 Å². The molecule has 168 valence electrons. The normalized spacial score (nSPS) is 16.4. The highest BCUT2D eigenvalue weighted by Gasteiger charge is 2.31. The van der Waals surface area contributed by atoms with Crippen LogP contribution in [0, 0.1) is 5.82 Å². The molecule has 1 aromatic heterocycles. The molecule has 0 aliphatic carbocycles. The largest absolute Gasteiger partial charge is 0.367 e. The number of halogens is 2. The maximum Gasteiger partial charge on any atom is 0.171 e. The number of hydrogen-bond acceptors (Lipinski definition) is 4. The lowest BCUT2D eigenvalue weighted by atomic mass is 10.0. The van der Waals surface area contributed by atoms with Crippen molar-refractivity contribution >= 4 is 51.6 Å². The van der Waals surface area contributed by atoms with Crippen molar-refractivity contribution in [3.63, 3.8) is 0 Å². The molecule has 0 radical (unpaired) electrons. The second-order valence-corrected chi connectivity index (χ2v) is 9.66. The number of para-hydroxylation sites is 1. The molecular formula is C24H26ClFN4S2. The smallest absolute Gasteiger partial charge is 0.171 e. The highest BCUT2D eigenvalue weighted by atomic mass is 35.5. The highest BCUT2D eigenvalue weighted by Crippen LogP contribution is 2.30. The summed E-state index contributed by atoms with van der Waals surface area (Å²) in [5, 5.41) is 10.0. The van der Waals surface area contributed by atoms with Crippen LogP contribution in [0.3, 0.4) is 0 Å². The third-order valence-corrected chi connectivity index (χ3v) is 7.05. The van der Waals surface area contributed by atoms with E-state index in [1.54, 1.807) is 17.4 Å². The van der Waals surface area contributed by atoms with Crippen molar-refractivity contribution in [2.45, 2.75) is 19.0 Å². The first-order chi connectivity index (χ1) is 15.5. The summed E-state index contributed by atoms with van der Waals surface area (Å²) in [4.78, 5) is 5.87. The van der Waals surface area contributed by atoms with Crippen molar-refractivity contribution in [2.24, 2.45) is 0 Å². The number of hydrogen-bond donors (Lipinski definition) is 2. The van der Waals surface area contributed by atoms with Crippen molar-refractivity contribution in [2.75, 3.05) is 36.4 Å². The summed E-state index contributed by atoms with van der Waals surface area (Å²) in [5.41, 5.74) is 1.53. The number of anilines is 2. The molecule has 0 saturated carbocycles.